The van der Waals surface area contributed by atoms with Gasteiger partial charge in [-0.2, -0.15) is 4.57 Å². The lowest BCUT2D eigenvalue weighted by Gasteiger charge is -2.03. The van der Waals surface area contributed by atoms with E-state index in [0.717, 1.165) is 12.1 Å². The van der Waals surface area contributed by atoms with Crippen LogP contribution in [0.15, 0.2) is 30.4 Å². The maximum Gasteiger partial charge on any atom is 0.250 e. The molecule has 0 atom stereocenters. The van der Waals surface area contributed by atoms with Crippen molar-refractivity contribution in [3.05, 3.63) is 35.4 Å². The van der Waals surface area contributed by atoms with Crippen LogP contribution in [-0.4, -0.2) is 5.91 Å². The molecule has 0 saturated carbocycles. The molecule has 1 aromatic heterocycles. The molecule has 1 aromatic carbocycles. The molecule has 0 unspecified atom stereocenters. The van der Waals surface area contributed by atoms with E-state index in [0.29, 0.717) is 5.57 Å². The number of carbonyl (C=O) groups excluding carboxylic acids is 1. The van der Waals surface area contributed by atoms with Crippen LogP contribution in [0.4, 0.5) is 5.69 Å². The molecule has 1 amide bonds. The van der Waals surface area contributed by atoms with Crippen molar-refractivity contribution in [2.24, 2.45) is 7.05 Å². The number of carbonyl (C=O) groups is 1. The van der Waals surface area contributed by atoms with Crippen LogP contribution < -0.4 is 9.88 Å². The highest BCUT2D eigenvalue weighted by Crippen LogP contribution is 2.24. The molecule has 0 aliphatic heterocycles. The Kier molecular flexibility index (Phi) is 3.48. The fourth-order valence-corrected chi connectivity index (χ4v) is 2.96. The SMILES string of the molecule is C=C(C)C(=O)Nc1ccc2c(c1)sc(CC)[n+]2C. The van der Waals surface area contributed by atoms with Gasteiger partial charge in [0.2, 0.25) is 10.5 Å². The van der Waals surface area contributed by atoms with Crippen molar-refractivity contribution in [1.82, 2.24) is 0 Å². The molecule has 1 N–H and O–H groups in total. The summed E-state index contributed by atoms with van der Waals surface area (Å²) in [5.74, 6) is -0.133. The number of aryl methyl sites for hydroxylation is 2. The molecule has 2 aromatic rings. The van der Waals surface area contributed by atoms with E-state index in [1.54, 1.807) is 18.3 Å². The van der Waals surface area contributed by atoms with E-state index in [2.05, 4.69) is 30.4 Å². The lowest BCUT2D eigenvalue weighted by Crippen LogP contribution is -2.30. The number of nitrogens with zero attached hydrogens (tertiary/aromatic N) is 1. The molecule has 3 nitrogen and oxygen atoms in total. The third-order valence-corrected chi connectivity index (χ3v) is 4.22. The number of anilines is 1. The summed E-state index contributed by atoms with van der Waals surface area (Å²) in [6, 6.07) is 5.98. The number of nitrogens with one attached hydrogen (secondary N) is 1. The summed E-state index contributed by atoms with van der Waals surface area (Å²) >= 11 is 1.76. The van der Waals surface area contributed by atoms with E-state index in [4.69, 9.17) is 0 Å². The number of hydrogen-bond acceptors (Lipinski definition) is 2. The number of amides is 1. The third kappa shape index (κ3) is 2.29. The lowest BCUT2D eigenvalue weighted by atomic mass is 10.2. The summed E-state index contributed by atoms with van der Waals surface area (Å²) in [6.45, 7) is 7.48. The van der Waals surface area contributed by atoms with Crippen LogP contribution in [0.3, 0.4) is 0 Å². The highest BCUT2D eigenvalue weighted by molar-refractivity contribution is 7.18. The summed E-state index contributed by atoms with van der Waals surface area (Å²) in [6.07, 6.45) is 1.02. The molecule has 0 aliphatic carbocycles. The summed E-state index contributed by atoms with van der Waals surface area (Å²) in [5, 5.41) is 4.17. The van der Waals surface area contributed by atoms with Gasteiger partial charge < -0.3 is 5.32 Å². The van der Waals surface area contributed by atoms with Crippen molar-refractivity contribution < 1.29 is 9.36 Å². The Labute approximate surface area is 111 Å². The Morgan fingerprint density at radius 2 is 2.22 bits per heavy atom. The van der Waals surface area contributed by atoms with Gasteiger partial charge >= 0.3 is 0 Å². The zero-order valence-corrected chi connectivity index (χ0v) is 11.7. The predicted molar refractivity (Wildman–Crippen MR) is 75.8 cm³/mol. The van der Waals surface area contributed by atoms with Crippen molar-refractivity contribution >= 4 is 33.1 Å². The standard InChI is InChI=1S/C14H16N2OS/c1-5-13-16(4)11-7-6-10(8-12(11)18-13)15-14(17)9(2)3/h6-8H,2,5H2,1,3-4H3/p+1. The molecule has 0 radical (unpaired) electrons. The van der Waals surface area contributed by atoms with Crippen LogP contribution >= 0.6 is 11.3 Å². The lowest BCUT2D eigenvalue weighted by molar-refractivity contribution is -0.647. The maximum absolute atomic E-state index is 11.6. The third-order valence-electron chi connectivity index (χ3n) is 2.87. The number of fused-ring (bicyclic) bond motifs is 1. The van der Waals surface area contributed by atoms with Gasteiger partial charge in [0.1, 0.15) is 11.7 Å². The fourth-order valence-electron chi connectivity index (χ4n) is 1.83. The monoisotopic (exact) mass is 261 g/mol. The van der Waals surface area contributed by atoms with Crippen molar-refractivity contribution in [3.8, 4) is 0 Å². The zero-order chi connectivity index (χ0) is 13.3. The van der Waals surface area contributed by atoms with Gasteiger partial charge in [0.15, 0.2) is 0 Å². The number of benzene rings is 1. The quantitative estimate of drug-likeness (QED) is 0.669. The van der Waals surface area contributed by atoms with Gasteiger partial charge in [0.05, 0.1) is 0 Å². The molecule has 94 valence electrons. The van der Waals surface area contributed by atoms with E-state index in [1.807, 2.05) is 18.2 Å². The van der Waals surface area contributed by atoms with Crippen molar-refractivity contribution in [2.75, 3.05) is 5.32 Å². The molecule has 0 bridgehead atoms. The van der Waals surface area contributed by atoms with E-state index >= 15 is 0 Å². The van der Waals surface area contributed by atoms with E-state index in [-0.39, 0.29) is 5.91 Å². The Morgan fingerprint density at radius 1 is 1.50 bits per heavy atom. The van der Waals surface area contributed by atoms with Crippen LogP contribution in [0.25, 0.3) is 10.2 Å². The molecular formula is C14H17N2OS+. The molecule has 0 saturated heterocycles. The first-order chi connectivity index (χ1) is 8.52. The minimum atomic E-state index is -0.133. The van der Waals surface area contributed by atoms with Crippen LogP contribution in [-0.2, 0) is 18.3 Å². The second-order valence-electron chi connectivity index (χ2n) is 4.33. The highest BCUT2D eigenvalue weighted by atomic mass is 32.1. The Morgan fingerprint density at radius 3 is 2.83 bits per heavy atom. The van der Waals surface area contributed by atoms with E-state index < -0.39 is 0 Å². The molecule has 18 heavy (non-hydrogen) atoms. The van der Waals surface area contributed by atoms with Crippen molar-refractivity contribution in [1.29, 1.82) is 0 Å². The van der Waals surface area contributed by atoms with Gasteiger partial charge in [-0.05, 0) is 19.1 Å². The first-order valence-corrected chi connectivity index (χ1v) is 6.73. The van der Waals surface area contributed by atoms with Gasteiger partial charge in [-0.1, -0.05) is 24.8 Å². The minimum absolute atomic E-state index is 0.133. The molecule has 2 rings (SSSR count). The maximum atomic E-state index is 11.6. The van der Waals surface area contributed by atoms with E-state index in [1.165, 1.54) is 15.2 Å². The van der Waals surface area contributed by atoms with Gasteiger partial charge in [-0.3, -0.25) is 4.79 Å². The van der Waals surface area contributed by atoms with Crippen LogP contribution in [0.5, 0.6) is 0 Å². The number of aromatic nitrogens is 1. The van der Waals surface area contributed by atoms with Crippen molar-refractivity contribution in [3.63, 3.8) is 0 Å². The Bertz CT molecular complexity index is 628. The Balaban J connectivity index is 2.39. The topological polar surface area (TPSA) is 33.0 Å². The van der Waals surface area contributed by atoms with E-state index in [9.17, 15) is 4.79 Å². The zero-order valence-electron chi connectivity index (χ0n) is 10.9. The molecule has 0 fully saturated rings. The normalized spacial score (nSPS) is 10.6. The number of thiazole rings is 1. The second kappa shape index (κ2) is 4.90. The molecular weight excluding hydrogens is 244 g/mol. The van der Waals surface area contributed by atoms with Crippen molar-refractivity contribution in [2.45, 2.75) is 20.3 Å². The minimum Gasteiger partial charge on any atom is -0.322 e. The molecule has 0 spiro atoms. The average molecular weight is 261 g/mol. The summed E-state index contributed by atoms with van der Waals surface area (Å²) in [5.41, 5.74) is 2.53. The largest absolute Gasteiger partial charge is 0.322 e. The van der Waals surface area contributed by atoms with Gasteiger partial charge in [0, 0.05) is 23.7 Å². The fraction of sp³-hybridized carbons (Fsp3) is 0.286. The molecule has 0 aliphatic rings. The smallest absolute Gasteiger partial charge is 0.250 e. The first kappa shape index (κ1) is 12.8. The molecule has 1 heterocycles. The van der Waals surface area contributed by atoms with Crippen LogP contribution in [0.2, 0.25) is 0 Å². The summed E-state index contributed by atoms with van der Waals surface area (Å²) < 4.78 is 3.39. The van der Waals surface area contributed by atoms with Gasteiger partial charge in [-0.15, -0.1) is 0 Å². The highest BCUT2D eigenvalue weighted by Gasteiger charge is 2.15. The summed E-state index contributed by atoms with van der Waals surface area (Å²) in [4.78, 5) is 11.6. The first-order valence-electron chi connectivity index (χ1n) is 5.91. The predicted octanol–water partition coefficient (Wildman–Crippen LogP) is 2.80. The summed E-state index contributed by atoms with van der Waals surface area (Å²) in [7, 11) is 2.07. The van der Waals surface area contributed by atoms with Crippen LogP contribution in [0.1, 0.15) is 18.9 Å². The number of hydrogen-bond donors (Lipinski definition) is 1. The second-order valence-corrected chi connectivity index (χ2v) is 5.44. The average Bonchev–Trinajstić information content (AvgIpc) is 2.65. The van der Waals surface area contributed by atoms with Crippen LogP contribution in [0, 0.1) is 0 Å². The number of rotatable bonds is 3. The van der Waals surface area contributed by atoms with Gasteiger partial charge in [-0.25, -0.2) is 0 Å². The van der Waals surface area contributed by atoms with Gasteiger partial charge in [0.25, 0.3) is 5.91 Å². The molecule has 4 heteroatoms. The Hall–Kier alpha value is -1.68.